The number of likely N-dealkylation sites (N-methyl/N-ethyl adjacent to an activating group) is 1. The largest absolute Gasteiger partial charge is 0.492 e. The van der Waals surface area contributed by atoms with E-state index >= 15 is 0 Å². The molecule has 0 aliphatic carbocycles. The fourth-order valence-corrected chi connectivity index (χ4v) is 1.82. The van der Waals surface area contributed by atoms with Crippen molar-refractivity contribution in [2.75, 3.05) is 40.0 Å². The molecule has 1 aromatic rings. The van der Waals surface area contributed by atoms with Gasteiger partial charge < -0.3 is 19.7 Å². The van der Waals surface area contributed by atoms with Crippen LogP contribution in [0.2, 0.25) is 0 Å². The van der Waals surface area contributed by atoms with Crippen LogP contribution in [0.25, 0.3) is 0 Å². The molecule has 0 heterocycles. The minimum atomic E-state index is 0.508. The summed E-state index contributed by atoms with van der Waals surface area (Å²) in [5.74, 6) is 0.932. The summed E-state index contributed by atoms with van der Waals surface area (Å²) in [4.78, 5) is 2.22. The summed E-state index contributed by atoms with van der Waals surface area (Å²) in [6.07, 6.45) is 0. The van der Waals surface area contributed by atoms with E-state index in [-0.39, 0.29) is 0 Å². The number of nitrogens with one attached hydrogen (secondary N) is 1. The smallest absolute Gasteiger partial charge is 0.119 e. The molecule has 0 fully saturated rings. The highest BCUT2D eigenvalue weighted by molar-refractivity contribution is 5.27. The fraction of sp³-hybridized carbons (Fsp3) is 0.647. The van der Waals surface area contributed by atoms with E-state index < -0.39 is 0 Å². The first kappa shape index (κ1) is 18.0. The average Bonchev–Trinajstić information content (AvgIpc) is 2.46. The summed E-state index contributed by atoms with van der Waals surface area (Å²) in [6, 6.07) is 8.82. The lowest BCUT2D eigenvalue weighted by Gasteiger charge is -2.16. The van der Waals surface area contributed by atoms with Gasteiger partial charge in [-0.15, -0.1) is 0 Å². The second-order valence-electron chi connectivity index (χ2n) is 5.53. The first-order valence-electron chi connectivity index (χ1n) is 7.83. The van der Waals surface area contributed by atoms with E-state index in [4.69, 9.17) is 9.47 Å². The number of hydrogen-bond acceptors (Lipinski definition) is 4. The maximum Gasteiger partial charge on any atom is 0.119 e. The Labute approximate surface area is 129 Å². The molecule has 0 saturated heterocycles. The molecule has 1 aromatic carbocycles. The molecule has 1 N–H and O–H groups in total. The topological polar surface area (TPSA) is 33.7 Å². The molecule has 0 amide bonds. The normalized spacial score (nSPS) is 11.3. The fourth-order valence-electron chi connectivity index (χ4n) is 1.82. The lowest BCUT2D eigenvalue weighted by Crippen LogP contribution is -2.27. The molecule has 0 aromatic heterocycles. The molecule has 0 spiro atoms. The van der Waals surface area contributed by atoms with Crippen LogP contribution < -0.4 is 10.1 Å². The van der Waals surface area contributed by atoms with Crippen molar-refractivity contribution in [2.45, 2.75) is 33.4 Å². The summed E-state index contributed by atoms with van der Waals surface area (Å²) in [5.41, 5.74) is 1.28. The van der Waals surface area contributed by atoms with Crippen molar-refractivity contribution in [3.05, 3.63) is 29.8 Å². The van der Waals surface area contributed by atoms with Crippen LogP contribution in [0, 0.1) is 0 Å². The van der Waals surface area contributed by atoms with E-state index in [1.807, 2.05) is 19.1 Å². The minimum absolute atomic E-state index is 0.508. The molecule has 1 rings (SSSR count). The van der Waals surface area contributed by atoms with E-state index in [0.29, 0.717) is 12.6 Å². The van der Waals surface area contributed by atoms with Crippen molar-refractivity contribution in [3.63, 3.8) is 0 Å². The molecular weight excluding hydrogens is 264 g/mol. The molecule has 0 radical (unpaired) electrons. The Morgan fingerprint density at radius 2 is 1.76 bits per heavy atom. The highest BCUT2D eigenvalue weighted by atomic mass is 16.5. The third-order valence-corrected chi connectivity index (χ3v) is 3.20. The summed E-state index contributed by atoms with van der Waals surface area (Å²) >= 11 is 0. The first-order valence-corrected chi connectivity index (χ1v) is 7.83. The van der Waals surface area contributed by atoms with Crippen molar-refractivity contribution >= 4 is 0 Å². The minimum Gasteiger partial charge on any atom is -0.492 e. The van der Waals surface area contributed by atoms with Crippen LogP contribution in [0.4, 0.5) is 0 Å². The lowest BCUT2D eigenvalue weighted by atomic mass is 10.2. The van der Waals surface area contributed by atoms with Crippen LogP contribution in [0.3, 0.4) is 0 Å². The second-order valence-corrected chi connectivity index (χ2v) is 5.53. The molecule has 0 bridgehead atoms. The van der Waals surface area contributed by atoms with Gasteiger partial charge in [-0.1, -0.05) is 26.0 Å². The molecule has 120 valence electrons. The standard InChI is InChI=1S/C17H30N2O2/c1-5-20-12-10-19(4)11-13-21-17-8-6-16(7-9-17)14-18-15(2)3/h6-9,15,18H,5,10-14H2,1-4H3. The van der Waals surface area contributed by atoms with Crippen LogP contribution in [0.1, 0.15) is 26.3 Å². The van der Waals surface area contributed by atoms with Crippen molar-refractivity contribution in [3.8, 4) is 5.75 Å². The van der Waals surface area contributed by atoms with Crippen molar-refractivity contribution in [2.24, 2.45) is 0 Å². The van der Waals surface area contributed by atoms with E-state index in [9.17, 15) is 0 Å². The number of ether oxygens (including phenoxy) is 2. The summed E-state index contributed by atoms with van der Waals surface area (Å²) < 4.78 is 11.1. The maximum absolute atomic E-state index is 5.76. The van der Waals surface area contributed by atoms with E-state index in [1.54, 1.807) is 0 Å². The molecule has 0 aliphatic rings. The van der Waals surface area contributed by atoms with Gasteiger partial charge in [-0.3, -0.25) is 0 Å². The van der Waals surface area contributed by atoms with Gasteiger partial charge in [-0.05, 0) is 31.7 Å². The van der Waals surface area contributed by atoms with Gasteiger partial charge in [0.15, 0.2) is 0 Å². The van der Waals surface area contributed by atoms with Gasteiger partial charge in [-0.2, -0.15) is 0 Å². The van der Waals surface area contributed by atoms with Crippen molar-refractivity contribution < 1.29 is 9.47 Å². The molecule has 0 aliphatic heterocycles. The Morgan fingerprint density at radius 1 is 1.10 bits per heavy atom. The first-order chi connectivity index (χ1) is 10.1. The number of nitrogens with zero attached hydrogens (tertiary/aromatic N) is 1. The van der Waals surface area contributed by atoms with Crippen LogP contribution in [0.5, 0.6) is 5.75 Å². The van der Waals surface area contributed by atoms with E-state index in [0.717, 1.165) is 38.6 Å². The molecule has 0 unspecified atom stereocenters. The predicted octanol–water partition coefficient (Wildman–Crippen LogP) is 2.53. The molecule has 0 atom stereocenters. The Balaban J connectivity index is 2.20. The Morgan fingerprint density at radius 3 is 2.38 bits per heavy atom. The van der Waals surface area contributed by atoms with E-state index in [2.05, 4.69) is 43.2 Å². The quantitative estimate of drug-likeness (QED) is 0.636. The lowest BCUT2D eigenvalue weighted by molar-refractivity contribution is 0.116. The van der Waals surface area contributed by atoms with Gasteiger partial charge >= 0.3 is 0 Å². The SMILES string of the molecule is CCOCCN(C)CCOc1ccc(CNC(C)C)cc1. The van der Waals surface area contributed by atoms with Gasteiger partial charge in [0.2, 0.25) is 0 Å². The van der Waals surface area contributed by atoms with Gasteiger partial charge in [-0.25, -0.2) is 0 Å². The summed E-state index contributed by atoms with van der Waals surface area (Å²) in [6.45, 7) is 11.3. The number of hydrogen-bond donors (Lipinski definition) is 1. The monoisotopic (exact) mass is 294 g/mol. The zero-order chi connectivity index (χ0) is 15.5. The zero-order valence-corrected chi connectivity index (χ0v) is 13.9. The predicted molar refractivity (Wildman–Crippen MR) is 87.9 cm³/mol. The van der Waals surface area contributed by atoms with Gasteiger partial charge in [0.05, 0.1) is 6.61 Å². The highest BCUT2D eigenvalue weighted by Crippen LogP contribution is 2.12. The average molecular weight is 294 g/mol. The maximum atomic E-state index is 5.76. The van der Waals surface area contributed by atoms with E-state index in [1.165, 1.54) is 5.56 Å². The van der Waals surface area contributed by atoms with Gasteiger partial charge in [0, 0.05) is 32.3 Å². The van der Waals surface area contributed by atoms with Crippen LogP contribution >= 0.6 is 0 Å². The van der Waals surface area contributed by atoms with Crippen molar-refractivity contribution in [1.82, 2.24) is 10.2 Å². The van der Waals surface area contributed by atoms with Crippen LogP contribution in [0.15, 0.2) is 24.3 Å². The molecule has 0 saturated carbocycles. The Bertz CT molecular complexity index is 366. The second kappa shape index (κ2) is 10.6. The number of rotatable bonds is 11. The zero-order valence-electron chi connectivity index (χ0n) is 13.9. The Hall–Kier alpha value is -1.10. The van der Waals surface area contributed by atoms with Gasteiger partial charge in [0.25, 0.3) is 0 Å². The number of benzene rings is 1. The highest BCUT2D eigenvalue weighted by Gasteiger charge is 2.00. The summed E-state index contributed by atoms with van der Waals surface area (Å²) in [5, 5.41) is 3.40. The molecular formula is C17H30N2O2. The molecule has 21 heavy (non-hydrogen) atoms. The van der Waals surface area contributed by atoms with Crippen LogP contribution in [-0.4, -0.2) is 50.9 Å². The Kier molecular flexibility index (Phi) is 9.06. The van der Waals surface area contributed by atoms with Gasteiger partial charge in [0.1, 0.15) is 12.4 Å². The summed E-state index contributed by atoms with van der Waals surface area (Å²) in [7, 11) is 2.09. The molecule has 4 heteroatoms. The molecule has 4 nitrogen and oxygen atoms in total. The van der Waals surface area contributed by atoms with Crippen molar-refractivity contribution in [1.29, 1.82) is 0 Å². The van der Waals surface area contributed by atoms with Crippen LogP contribution in [-0.2, 0) is 11.3 Å². The third-order valence-electron chi connectivity index (χ3n) is 3.20. The third kappa shape index (κ3) is 8.71.